The molecular formula is C7H20N4. The van der Waals surface area contributed by atoms with Gasteiger partial charge in [0.15, 0.2) is 0 Å². The van der Waals surface area contributed by atoms with Crippen LogP contribution in [0, 0.1) is 0 Å². The minimum atomic E-state index is -0.578. The van der Waals surface area contributed by atoms with E-state index in [-0.39, 0.29) is 6.17 Å². The highest BCUT2D eigenvalue weighted by Crippen LogP contribution is 2.09. The minimum Gasteiger partial charge on any atom is -0.316 e. The SMILES string of the molecule is CCCC(N)(N)CCC(N)N. The number of nitrogens with two attached hydrogens (primary N) is 4. The first-order chi connectivity index (χ1) is 4.98. The van der Waals surface area contributed by atoms with Crippen LogP contribution in [0.25, 0.3) is 0 Å². The van der Waals surface area contributed by atoms with Crippen molar-refractivity contribution < 1.29 is 0 Å². The minimum absolute atomic E-state index is 0.293. The molecule has 0 aromatic carbocycles. The molecule has 8 N–H and O–H groups in total. The molecule has 0 unspecified atom stereocenters. The van der Waals surface area contributed by atoms with E-state index in [9.17, 15) is 0 Å². The highest BCUT2D eigenvalue weighted by molar-refractivity contribution is 4.76. The van der Waals surface area contributed by atoms with Gasteiger partial charge in [0, 0.05) is 0 Å². The molecule has 0 bridgehead atoms. The molecule has 11 heavy (non-hydrogen) atoms. The van der Waals surface area contributed by atoms with Crippen molar-refractivity contribution in [3.05, 3.63) is 0 Å². The van der Waals surface area contributed by atoms with Crippen molar-refractivity contribution >= 4 is 0 Å². The molecule has 4 heteroatoms. The monoisotopic (exact) mass is 160 g/mol. The summed E-state index contributed by atoms with van der Waals surface area (Å²) in [5.41, 5.74) is 21.6. The van der Waals surface area contributed by atoms with E-state index >= 15 is 0 Å². The Morgan fingerprint density at radius 2 is 1.73 bits per heavy atom. The van der Waals surface area contributed by atoms with Crippen LogP contribution < -0.4 is 22.9 Å². The van der Waals surface area contributed by atoms with E-state index in [1.54, 1.807) is 0 Å². The van der Waals surface area contributed by atoms with Crippen LogP contribution in [0.5, 0.6) is 0 Å². The van der Waals surface area contributed by atoms with Gasteiger partial charge >= 0.3 is 0 Å². The molecule has 0 spiro atoms. The Hall–Kier alpha value is -0.160. The summed E-state index contributed by atoms with van der Waals surface area (Å²) in [7, 11) is 0. The van der Waals surface area contributed by atoms with Crippen molar-refractivity contribution in [2.75, 3.05) is 0 Å². The van der Waals surface area contributed by atoms with Crippen LogP contribution in [0.15, 0.2) is 0 Å². The van der Waals surface area contributed by atoms with Crippen molar-refractivity contribution in [2.24, 2.45) is 22.9 Å². The first kappa shape index (κ1) is 10.8. The summed E-state index contributed by atoms with van der Waals surface area (Å²) in [5, 5.41) is 0. The van der Waals surface area contributed by atoms with Crippen molar-refractivity contribution in [2.45, 2.75) is 44.4 Å². The van der Waals surface area contributed by atoms with E-state index in [1.165, 1.54) is 0 Å². The molecular weight excluding hydrogens is 140 g/mol. The van der Waals surface area contributed by atoms with Gasteiger partial charge in [0.05, 0.1) is 11.8 Å². The molecule has 0 saturated carbocycles. The second kappa shape index (κ2) is 4.66. The second-order valence-electron chi connectivity index (χ2n) is 3.19. The molecule has 0 heterocycles. The lowest BCUT2D eigenvalue weighted by atomic mass is 10.00. The fourth-order valence-electron chi connectivity index (χ4n) is 1.03. The molecule has 0 fully saturated rings. The van der Waals surface area contributed by atoms with Crippen LogP contribution in [0.4, 0.5) is 0 Å². The van der Waals surface area contributed by atoms with Gasteiger partial charge in [-0.1, -0.05) is 13.3 Å². The Morgan fingerprint density at radius 3 is 2.09 bits per heavy atom. The van der Waals surface area contributed by atoms with E-state index in [1.807, 2.05) is 0 Å². The predicted octanol–water partition coefficient (Wildman–Crippen LogP) is -0.576. The van der Waals surface area contributed by atoms with Gasteiger partial charge in [0.25, 0.3) is 0 Å². The molecule has 4 nitrogen and oxygen atoms in total. The lowest BCUT2D eigenvalue weighted by molar-refractivity contribution is 0.351. The summed E-state index contributed by atoms with van der Waals surface area (Å²) in [6.45, 7) is 2.05. The quantitative estimate of drug-likeness (QED) is 0.404. The average Bonchev–Trinajstić information content (AvgIpc) is 1.84. The van der Waals surface area contributed by atoms with Gasteiger partial charge in [-0.25, -0.2) is 0 Å². The smallest absolute Gasteiger partial charge is 0.0637 e. The second-order valence-corrected chi connectivity index (χ2v) is 3.19. The van der Waals surface area contributed by atoms with Gasteiger partial charge in [-0.05, 0) is 19.3 Å². The van der Waals surface area contributed by atoms with E-state index < -0.39 is 5.66 Å². The third kappa shape index (κ3) is 6.25. The average molecular weight is 160 g/mol. The van der Waals surface area contributed by atoms with Crippen LogP contribution in [-0.4, -0.2) is 11.8 Å². The van der Waals surface area contributed by atoms with E-state index in [4.69, 9.17) is 22.9 Å². The van der Waals surface area contributed by atoms with Crippen LogP contribution in [-0.2, 0) is 0 Å². The van der Waals surface area contributed by atoms with Crippen molar-refractivity contribution in [1.82, 2.24) is 0 Å². The van der Waals surface area contributed by atoms with Crippen molar-refractivity contribution in [3.8, 4) is 0 Å². The maximum absolute atomic E-state index is 5.74. The van der Waals surface area contributed by atoms with Crippen LogP contribution >= 0.6 is 0 Å². The molecule has 0 aliphatic rings. The maximum Gasteiger partial charge on any atom is 0.0637 e. The van der Waals surface area contributed by atoms with E-state index in [2.05, 4.69) is 6.92 Å². The molecule has 0 rings (SSSR count). The van der Waals surface area contributed by atoms with Crippen LogP contribution in [0.2, 0.25) is 0 Å². The van der Waals surface area contributed by atoms with Crippen LogP contribution in [0.3, 0.4) is 0 Å². The Bertz CT molecular complexity index is 101. The van der Waals surface area contributed by atoms with Gasteiger partial charge in [-0.15, -0.1) is 0 Å². The normalized spacial score (nSPS) is 12.5. The Labute approximate surface area is 68.3 Å². The van der Waals surface area contributed by atoms with Crippen molar-refractivity contribution in [3.63, 3.8) is 0 Å². The molecule has 0 amide bonds. The number of hydrogen-bond donors (Lipinski definition) is 4. The van der Waals surface area contributed by atoms with E-state index in [0.717, 1.165) is 12.8 Å². The van der Waals surface area contributed by atoms with Gasteiger partial charge in [-0.2, -0.15) is 0 Å². The first-order valence-electron chi connectivity index (χ1n) is 4.07. The van der Waals surface area contributed by atoms with Crippen LogP contribution in [0.1, 0.15) is 32.6 Å². The molecule has 0 radical (unpaired) electrons. The summed E-state index contributed by atoms with van der Waals surface area (Å²) in [4.78, 5) is 0. The van der Waals surface area contributed by atoms with Crippen molar-refractivity contribution in [1.29, 1.82) is 0 Å². The first-order valence-corrected chi connectivity index (χ1v) is 4.07. The highest BCUT2D eigenvalue weighted by atomic mass is 15.0. The molecule has 0 aliphatic heterocycles. The summed E-state index contributed by atoms with van der Waals surface area (Å²) < 4.78 is 0. The topological polar surface area (TPSA) is 104 Å². The lowest BCUT2D eigenvalue weighted by Crippen LogP contribution is -2.50. The zero-order chi connectivity index (χ0) is 8.91. The largest absolute Gasteiger partial charge is 0.316 e. The standard InChI is InChI=1S/C7H20N4/c1-2-4-7(10,11)5-3-6(8)9/h6H,2-5,8-11H2,1H3. The predicted molar refractivity (Wildman–Crippen MR) is 47.4 cm³/mol. The number of rotatable bonds is 5. The zero-order valence-electron chi connectivity index (χ0n) is 7.22. The lowest BCUT2D eigenvalue weighted by Gasteiger charge is -2.24. The zero-order valence-corrected chi connectivity index (χ0v) is 7.22. The molecule has 0 saturated heterocycles. The Kier molecular flexibility index (Phi) is 4.60. The summed E-state index contributed by atoms with van der Waals surface area (Å²) in [6, 6.07) is 0. The van der Waals surface area contributed by atoms with E-state index in [0.29, 0.717) is 12.8 Å². The third-order valence-corrected chi connectivity index (χ3v) is 1.66. The maximum atomic E-state index is 5.74. The highest BCUT2D eigenvalue weighted by Gasteiger charge is 2.17. The molecule has 68 valence electrons. The molecule has 0 atom stereocenters. The molecule has 0 aromatic rings. The van der Waals surface area contributed by atoms with Gasteiger partial charge in [0.2, 0.25) is 0 Å². The summed E-state index contributed by atoms with van der Waals surface area (Å²) in [6.07, 6.45) is 2.90. The third-order valence-electron chi connectivity index (χ3n) is 1.66. The van der Waals surface area contributed by atoms with Gasteiger partial charge < -0.3 is 22.9 Å². The Morgan fingerprint density at radius 1 is 1.18 bits per heavy atom. The Balaban J connectivity index is 3.54. The summed E-state index contributed by atoms with van der Waals surface area (Å²) >= 11 is 0. The molecule has 0 aliphatic carbocycles. The van der Waals surface area contributed by atoms with Gasteiger partial charge in [0.1, 0.15) is 0 Å². The number of hydrogen-bond acceptors (Lipinski definition) is 4. The fourth-order valence-corrected chi connectivity index (χ4v) is 1.03. The fraction of sp³-hybridized carbons (Fsp3) is 1.00. The van der Waals surface area contributed by atoms with Gasteiger partial charge in [-0.3, -0.25) is 0 Å². The molecule has 0 aromatic heterocycles. The summed E-state index contributed by atoms with van der Waals surface area (Å²) in [5.74, 6) is 0.